The molecule has 0 spiro atoms. The van der Waals surface area contributed by atoms with Crippen molar-refractivity contribution in [2.75, 3.05) is 85.3 Å². The number of piperazine rings is 1. The van der Waals surface area contributed by atoms with Crippen molar-refractivity contribution in [1.29, 1.82) is 0 Å². The fourth-order valence-electron chi connectivity index (χ4n) is 5.78. The number of esters is 1. The van der Waals surface area contributed by atoms with Gasteiger partial charge in [-0.25, -0.2) is 0 Å². The molecule has 0 bridgehead atoms. The third kappa shape index (κ3) is 8.61. The molecule has 0 saturated carbocycles. The molecule has 1 fully saturated rings. The maximum absolute atomic E-state index is 13.5. The summed E-state index contributed by atoms with van der Waals surface area (Å²) < 4.78 is 68.0. The van der Waals surface area contributed by atoms with E-state index in [9.17, 15) is 18.0 Å². The lowest BCUT2D eigenvalue weighted by molar-refractivity contribution is -0.149. The summed E-state index contributed by atoms with van der Waals surface area (Å²) in [6.45, 7) is 7.70. The highest BCUT2D eigenvalue weighted by molar-refractivity contribution is 7.99. The lowest BCUT2D eigenvalue weighted by Crippen LogP contribution is -2.47. The van der Waals surface area contributed by atoms with Gasteiger partial charge in [0.15, 0.2) is 11.5 Å². The van der Waals surface area contributed by atoms with E-state index >= 15 is 0 Å². The lowest BCUT2D eigenvalue weighted by Gasteiger charge is -2.36. The Morgan fingerprint density at radius 3 is 2.12 bits per heavy atom. The van der Waals surface area contributed by atoms with Gasteiger partial charge in [-0.15, -0.1) is 0 Å². The third-order valence-electron chi connectivity index (χ3n) is 8.47. The van der Waals surface area contributed by atoms with E-state index in [1.165, 1.54) is 39.2 Å². The number of hydrogen-bond donors (Lipinski definition) is 0. The van der Waals surface area contributed by atoms with E-state index in [4.69, 9.17) is 23.7 Å². The highest BCUT2D eigenvalue weighted by Gasteiger charge is 2.33. The van der Waals surface area contributed by atoms with Crippen LogP contribution in [0.1, 0.15) is 18.9 Å². The Hall–Kier alpha value is -3.81. The number of ether oxygens (including phenoxy) is 5. The Morgan fingerprint density at radius 2 is 1.48 bits per heavy atom. The second kappa shape index (κ2) is 16.1. The minimum Gasteiger partial charge on any atom is -0.493 e. The number of alkyl halides is 3. The molecule has 1 atom stereocenters. The van der Waals surface area contributed by atoms with Gasteiger partial charge in [-0.3, -0.25) is 9.69 Å². The van der Waals surface area contributed by atoms with Gasteiger partial charge in [0.05, 0.1) is 44.2 Å². The molecule has 0 amide bonds. The van der Waals surface area contributed by atoms with E-state index in [1.807, 2.05) is 29.2 Å². The quantitative estimate of drug-likeness (QED) is 0.173. The Bertz CT molecular complexity index is 1530. The summed E-state index contributed by atoms with van der Waals surface area (Å²) in [7, 11) is 4.57. The number of fused-ring (bicyclic) bond motifs is 2. The zero-order valence-corrected chi connectivity index (χ0v) is 28.5. The van der Waals surface area contributed by atoms with Crippen LogP contribution in [0.15, 0.2) is 64.4 Å². The molecule has 3 aromatic rings. The summed E-state index contributed by atoms with van der Waals surface area (Å²) in [6, 6.07) is 15.2. The van der Waals surface area contributed by atoms with Gasteiger partial charge in [0.2, 0.25) is 5.75 Å². The average Bonchev–Trinajstić information content (AvgIpc) is 3.09. The molecule has 1 saturated heterocycles. The van der Waals surface area contributed by atoms with E-state index in [0.717, 1.165) is 60.7 Å². The second-order valence-corrected chi connectivity index (χ2v) is 12.8. The predicted octanol–water partition coefficient (Wildman–Crippen LogP) is 6.60. The zero-order valence-electron chi connectivity index (χ0n) is 27.7. The summed E-state index contributed by atoms with van der Waals surface area (Å²) in [5, 5.41) is 0. The SMILES string of the molecule is COc1cc(OCC(C)C(=O)OCCN2CCN(CCCN3c4ccccc4Sc4ccc(C(F)(F)F)cc43)CC2)cc(OC)c1OC. The normalized spacial score (nSPS) is 15.7. The van der Waals surface area contributed by atoms with Crippen LogP contribution in [0.5, 0.6) is 23.0 Å². The molecule has 2 heterocycles. The van der Waals surface area contributed by atoms with Gasteiger partial charge in [0.1, 0.15) is 19.0 Å². The number of para-hydroxylation sites is 1. The molecule has 5 rings (SSSR count). The van der Waals surface area contributed by atoms with Crippen molar-refractivity contribution in [3.63, 3.8) is 0 Å². The average molecular weight is 690 g/mol. The highest BCUT2D eigenvalue weighted by Crippen LogP contribution is 2.49. The van der Waals surface area contributed by atoms with Crippen LogP contribution >= 0.6 is 11.8 Å². The van der Waals surface area contributed by atoms with Crippen molar-refractivity contribution >= 4 is 29.1 Å². The number of rotatable bonds is 14. The predicted molar refractivity (Wildman–Crippen MR) is 178 cm³/mol. The molecule has 0 radical (unpaired) electrons. The summed E-state index contributed by atoms with van der Waals surface area (Å²) >= 11 is 1.51. The van der Waals surface area contributed by atoms with Gasteiger partial charge in [0.25, 0.3) is 0 Å². The van der Waals surface area contributed by atoms with Crippen molar-refractivity contribution in [2.24, 2.45) is 5.92 Å². The van der Waals surface area contributed by atoms with Crippen LogP contribution in [-0.4, -0.2) is 96.1 Å². The number of hydrogen-bond acceptors (Lipinski definition) is 10. The maximum Gasteiger partial charge on any atom is 0.416 e. The summed E-state index contributed by atoms with van der Waals surface area (Å²) in [5.41, 5.74) is 0.914. The van der Waals surface area contributed by atoms with E-state index in [2.05, 4.69) is 9.80 Å². The molecule has 9 nitrogen and oxygen atoms in total. The van der Waals surface area contributed by atoms with Crippen molar-refractivity contribution in [3.05, 3.63) is 60.2 Å². The minimum absolute atomic E-state index is 0.132. The largest absolute Gasteiger partial charge is 0.493 e. The summed E-state index contributed by atoms with van der Waals surface area (Å²) in [5.74, 6) is 1.06. The smallest absolute Gasteiger partial charge is 0.416 e. The number of methoxy groups -OCH3 is 3. The number of halogens is 3. The van der Waals surface area contributed by atoms with E-state index < -0.39 is 17.7 Å². The van der Waals surface area contributed by atoms with Gasteiger partial charge in [-0.05, 0) is 50.2 Å². The van der Waals surface area contributed by atoms with Crippen LogP contribution in [0.4, 0.5) is 24.5 Å². The van der Waals surface area contributed by atoms with Crippen LogP contribution in [0.3, 0.4) is 0 Å². The third-order valence-corrected chi connectivity index (χ3v) is 9.60. The minimum atomic E-state index is -4.39. The fourth-order valence-corrected chi connectivity index (χ4v) is 6.86. The Kier molecular flexibility index (Phi) is 11.9. The molecule has 48 heavy (non-hydrogen) atoms. The number of carbonyl (C=O) groups excluding carboxylic acids is 1. The molecule has 1 unspecified atom stereocenters. The second-order valence-electron chi connectivity index (χ2n) is 11.7. The van der Waals surface area contributed by atoms with E-state index in [1.54, 1.807) is 25.1 Å². The number of nitrogens with zero attached hydrogens (tertiary/aromatic N) is 3. The molecule has 2 aliphatic heterocycles. The lowest BCUT2D eigenvalue weighted by atomic mass is 10.1. The Labute approximate surface area is 283 Å². The molecule has 2 aliphatic rings. The fraction of sp³-hybridized carbons (Fsp3) is 0.457. The van der Waals surface area contributed by atoms with Crippen LogP contribution in [0.2, 0.25) is 0 Å². The Morgan fingerprint density at radius 1 is 0.833 bits per heavy atom. The van der Waals surface area contributed by atoms with Crippen molar-refractivity contribution < 1.29 is 41.7 Å². The van der Waals surface area contributed by atoms with Gasteiger partial charge in [-0.1, -0.05) is 23.9 Å². The molecule has 13 heteroatoms. The van der Waals surface area contributed by atoms with Crippen molar-refractivity contribution in [1.82, 2.24) is 9.80 Å². The van der Waals surface area contributed by atoms with Gasteiger partial charge < -0.3 is 33.5 Å². The maximum atomic E-state index is 13.5. The van der Waals surface area contributed by atoms with Crippen molar-refractivity contribution in [3.8, 4) is 23.0 Å². The zero-order chi connectivity index (χ0) is 34.3. The summed E-state index contributed by atoms with van der Waals surface area (Å²) in [4.78, 5) is 21.2. The van der Waals surface area contributed by atoms with Crippen LogP contribution in [0.25, 0.3) is 0 Å². The molecule has 0 N–H and O–H groups in total. The first kappa shape index (κ1) is 35.5. The number of carbonyl (C=O) groups is 1. The van der Waals surface area contributed by atoms with Gasteiger partial charge in [0, 0.05) is 61.2 Å². The molecule has 0 aliphatic carbocycles. The first-order valence-corrected chi connectivity index (χ1v) is 16.7. The number of benzene rings is 3. The molecule has 3 aromatic carbocycles. The van der Waals surface area contributed by atoms with Crippen LogP contribution in [-0.2, 0) is 15.7 Å². The first-order valence-electron chi connectivity index (χ1n) is 15.9. The first-order chi connectivity index (χ1) is 23.1. The van der Waals surface area contributed by atoms with Gasteiger partial charge in [-0.2, -0.15) is 13.2 Å². The van der Waals surface area contributed by atoms with Crippen LogP contribution in [0, 0.1) is 5.92 Å². The standard InChI is InChI=1S/C35H42F3N3O6S/c1-24(23-47-26-21-29(43-2)33(45-4)30(22-26)44-3)34(42)46-19-18-40-16-14-39(15-17-40)12-7-13-41-27-8-5-6-9-31(27)48-32-11-10-25(20-28(32)41)35(36,37)38/h5-6,8-11,20-22,24H,7,12-19,23H2,1-4H3. The molecule has 0 aromatic heterocycles. The number of anilines is 2. The van der Waals surface area contributed by atoms with Crippen LogP contribution < -0.4 is 23.8 Å². The monoisotopic (exact) mass is 689 g/mol. The molecular formula is C35H42F3N3O6S. The topological polar surface area (TPSA) is 72.9 Å². The van der Waals surface area contributed by atoms with E-state index in [0.29, 0.717) is 48.4 Å². The highest BCUT2D eigenvalue weighted by atomic mass is 32.2. The Balaban J connectivity index is 1.03. The van der Waals surface area contributed by atoms with Gasteiger partial charge >= 0.3 is 12.1 Å². The van der Waals surface area contributed by atoms with Crippen molar-refractivity contribution in [2.45, 2.75) is 29.3 Å². The van der Waals surface area contributed by atoms with E-state index in [-0.39, 0.29) is 12.6 Å². The molecule has 260 valence electrons. The summed E-state index contributed by atoms with van der Waals surface area (Å²) in [6.07, 6.45) is -3.59. The molecular weight excluding hydrogens is 647 g/mol.